The molecule has 0 aliphatic rings. The summed E-state index contributed by atoms with van der Waals surface area (Å²) in [5.74, 6) is 0.413. The van der Waals surface area contributed by atoms with Gasteiger partial charge in [-0.05, 0) is 12.1 Å². The van der Waals surface area contributed by atoms with E-state index in [4.69, 9.17) is 42.6 Å². The molecule has 1 N–H and O–H groups in total. The van der Waals surface area contributed by atoms with Crippen LogP contribution in [0, 0.1) is 0 Å². The molecule has 37 heavy (non-hydrogen) atoms. The normalized spacial score (nSPS) is 11.0. The Bertz CT molecular complexity index is 683. The minimum atomic E-state index is -0.247. The van der Waals surface area contributed by atoms with Gasteiger partial charge in [0.1, 0.15) is 19.0 Å². The number of methoxy groups -OCH3 is 1. The molecule has 0 atom stereocenters. The molecule has 0 aromatic heterocycles. The number of nitrogens with one attached hydrogen (secondary N) is 1. The maximum atomic E-state index is 11.4. The first-order chi connectivity index (χ1) is 18.2. The third-order valence-electron chi connectivity index (χ3n) is 4.81. The summed E-state index contributed by atoms with van der Waals surface area (Å²) < 4.78 is 48.6. The molecule has 0 saturated carbocycles. The first-order valence-corrected chi connectivity index (χ1v) is 12.8. The summed E-state index contributed by atoms with van der Waals surface area (Å²) in [4.78, 5) is 11.4. The molecule has 0 saturated heterocycles. The SMILES string of the molecule is CCC(=O)OCc1ccc(NC)cc1OCCOCCOCCOCCOCCOCCOCCOC.[HH]. The van der Waals surface area contributed by atoms with E-state index in [-0.39, 0.29) is 14.0 Å². The molecule has 1 aromatic rings. The third-order valence-corrected chi connectivity index (χ3v) is 4.81. The number of carbonyl (C=O) groups excluding carboxylic acids is 1. The van der Waals surface area contributed by atoms with Crippen molar-refractivity contribution in [2.75, 3.05) is 112 Å². The van der Waals surface area contributed by atoms with Crippen LogP contribution in [0.1, 0.15) is 20.3 Å². The van der Waals surface area contributed by atoms with Crippen molar-refractivity contribution in [3.63, 3.8) is 0 Å². The average molecular weight is 534 g/mol. The zero-order chi connectivity index (χ0) is 26.8. The predicted molar refractivity (Wildman–Crippen MR) is 140 cm³/mol. The van der Waals surface area contributed by atoms with E-state index >= 15 is 0 Å². The van der Waals surface area contributed by atoms with E-state index in [0.717, 1.165) is 11.3 Å². The zero-order valence-electron chi connectivity index (χ0n) is 22.6. The van der Waals surface area contributed by atoms with Gasteiger partial charge in [-0.3, -0.25) is 4.79 Å². The summed E-state index contributed by atoms with van der Waals surface area (Å²) in [5.41, 5.74) is 1.72. The van der Waals surface area contributed by atoms with Gasteiger partial charge in [-0.2, -0.15) is 0 Å². The first kappa shape index (κ1) is 33.0. The summed E-state index contributed by atoms with van der Waals surface area (Å²) in [5, 5.41) is 3.07. The van der Waals surface area contributed by atoms with Gasteiger partial charge in [0.05, 0.1) is 85.9 Å². The van der Waals surface area contributed by atoms with Crippen LogP contribution in [-0.4, -0.2) is 113 Å². The Morgan fingerprint density at radius 3 is 1.62 bits per heavy atom. The number of hydrogen-bond acceptors (Lipinski definition) is 11. The van der Waals surface area contributed by atoms with Crippen LogP contribution in [0.5, 0.6) is 5.75 Å². The maximum Gasteiger partial charge on any atom is 0.305 e. The standard InChI is InChI=1S/C26H45NO10.H2/c1-4-26(28)37-22-23-5-6-24(27-2)21-25(23)36-20-19-35-18-17-34-16-15-33-14-13-32-12-11-31-10-9-30-8-7-29-3;/h5-6,21,27H,4,7-20,22H2,1-3H3;1H. The molecule has 0 radical (unpaired) electrons. The molecule has 1 aromatic carbocycles. The van der Waals surface area contributed by atoms with Crippen LogP contribution < -0.4 is 10.1 Å². The number of hydrogen-bond donors (Lipinski definition) is 1. The molecule has 0 bridgehead atoms. The first-order valence-electron chi connectivity index (χ1n) is 12.8. The van der Waals surface area contributed by atoms with Gasteiger partial charge >= 0.3 is 5.97 Å². The van der Waals surface area contributed by atoms with Gasteiger partial charge in [0, 0.05) is 39.3 Å². The molecule has 1 rings (SSSR count). The lowest BCUT2D eigenvalue weighted by atomic mass is 10.2. The number of esters is 1. The van der Waals surface area contributed by atoms with Crippen molar-refractivity contribution in [3.8, 4) is 5.75 Å². The Morgan fingerprint density at radius 2 is 1.19 bits per heavy atom. The summed E-state index contributed by atoms with van der Waals surface area (Å²) in [6, 6.07) is 5.66. The molecular weight excluding hydrogens is 486 g/mol. The minimum Gasteiger partial charge on any atom is -0.491 e. The number of rotatable bonds is 26. The monoisotopic (exact) mass is 533 g/mol. The van der Waals surface area contributed by atoms with Gasteiger partial charge in [-0.15, -0.1) is 0 Å². The summed E-state index contributed by atoms with van der Waals surface area (Å²) in [6.45, 7) is 8.97. The lowest BCUT2D eigenvalue weighted by Gasteiger charge is -2.14. The lowest BCUT2D eigenvalue weighted by molar-refractivity contribution is -0.144. The molecule has 0 unspecified atom stereocenters. The second kappa shape index (κ2) is 24.4. The van der Waals surface area contributed by atoms with E-state index in [1.807, 2.05) is 25.2 Å². The van der Waals surface area contributed by atoms with Gasteiger partial charge in [-0.1, -0.05) is 6.92 Å². The molecule has 11 nitrogen and oxygen atoms in total. The van der Waals surface area contributed by atoms with Crippen molar-refractivity contribution < 1.29 is 48.9 Å². The lowest BCUT2D eigenvalue weighted by Crippen LogP contribution is -2.15. The molecule has 11 heteroatoms. The third kappa shape index (κ3) is 18.8. The molecule has 0 fully saturated rings. The second-order valence-corrected chi connectivity index (χ2v) is 7.60. The van der Waals surface area contributed by atoms with Crippen molar-refractivity contribution in [1.29, 1.82) is 0 Å². The number of anilines is 1. The number of ether oxygens (including phenoxy) is 9. The smallest absolute Gasteiger partial charge is 0.305 e. The molecule has 0 aliphatic heterocycles. The topological polar surface area (TPSA) is 112 Å². The Kier molecular flexibility index (Phi) is 21.7. The predicted octanol–water partition coefficient (Wildman–Crippen LogP) is 2.55. The fourth-order valence-corrected chi connectivity index (χ4v) is 2.78. The van der Waals surface area contributed by atoms with Gasteiger partial charge in [0.25, 0.3) is 0 Å². The van der Waals surface area contributed by atoms with E-state index < -0.39 is 0 Å². The molecule has 0 amide bonds. The average Bonchev–Trinajstić information content (AvgIpc) is 2.92. The van der Waals surface area contributed by atoms with Crippen molar-refractivity contribution in [2.45, 2.75) is 20.0 Å². The van der Waals surface area contributed by atoms with Crippen LogP contribution in [-0.2, 0) is 49.3 Å². The van der Waals surface area contributed by atoms with E-state index in [1.165, 1.54) is 0 Å². The molecule has 0 heterocycles. The molecule has 216 valence electrons. The van der Waals surface area contributed by atoms with Crippen molar-refractivity contribution in [3.05, 3.63) is 23.8 Å². The minimum absolute atomic E-state index is 0. The Balaban J connectivity index is 0.0000137. The van der Waals surface area contributed by atoms with Crippen LogP contribution in [0.2, 0.25) is 0 Å². The van der Waals surface area contributed by atoms with E-state index in [1.54, 1.807) is 14.0 Å². The van der Waals surface area contributed by atoms with Gasteiger partial charge < -0.3 is 47.9 Å². The quantitative estimate of drug-likeness (QED) is 0.140. The Morgan fingerprint density at radius 1 is 0.730 bits per heavy atom. The molecular formula is C26H47NO10. The Hall–Kier alpha value is -1.99. The molecule has 0 aliphatic carbocycles. The van der Waals surface area contributed by atoms with Crippen LogP contribution in [0.25, 0.3) is 0 Å². The van der Waals surface area contributed by atoms with Crippen LogP contribution in [0.4, 0.5) is 5.69 Å². The summed E-state index contributed by atoms with van der Waals surface area (Å²) in [6.07, 6.45) is 0.338. The van der Waals surface area contributed by atoms with Gasteiger partial charge in [-0.25, -0.2) is 0 Å². The second-order valence-electron chi connectivity index (χ2n) is 7.60. The van der Waals surface area contributed by atoms with Crippen molar-refractivity contribution >= 4 is 11.7 Å². The van der Waals surface area contributed by atoms with Crippen molar-refractivity contribution in [1.82, 2.24) is 0 Å². The largest absolute Gasteiger partial charge is 0.491 e. The maximum absolute atomic E-state index is 11.4. The van der Waals surface area contributed by atoms with Crippen molar-refractivity contribution in [2.24, 2.45) is 0 Å². The van der Waals surface area contributed by atoms with E-state index in [2.05, 4.69) is 5.32 Å². The number of benzene rings is 1. The highest BCUT2D eigenvalue weighted by Crippen LogP contribution is 2.24. The zero-order valence-corrected chi connectivity index (χ0v) is 22.6. The fourth-order valence-electron chi connectivity index (χ4n) is 2.78. The van der Waals surface area contributed by atoms with Gasteiger partial charge in [0.15, 0.2) is 0 Å². The van der Waals surface area contributed by atoms with Crippen LogP contribution in [0.3, 0.4) is 0 Å². The Labute approximate surface area is 222 Å². The van der Waals surface area contributed by atoms with E-state index in [9.17, 15) is 4.79 Å². The van der Waals surface area contributed by atoms with Crippen LogP contribution >= 0.6 is 0 Å². The van der Waals surface area contributed by atoms with E-state index in [0.29, 0.717) is 105 Å². The summed E-state index contributed by atoms with van der Waals surface area (Å²) >= 11 is 0. The highest BCUT2D eigenvalue weighted by molar-refractivity contribution is 5.69. The summed E-state index contributed by atoms with van der Waals surface area (Å²) in [7, 11) is 3.48. The van der Waals surface area contributed by atoms with Gasteiger partial charge in [0.2, 0.25) is 0 Å². The fraction of sp³-hybridized carbons (Fsp3) is 0.731. The highest BCUT2D eigenvalue weighted by Gasteiger charge is 2.08. The van der Waals surface area contributed by atoms with Crippen LogP contribution in [0.15, 0.2) is 18.2 Å². The molecule has 0 spiro atoms. The highest BCUT2D eigenvalue weighted by atomic mass is 16.6. The number of carbonyl (C=O) groups is 1.